The van der Waals surface area contributed by atoms with Gasteiger partial charge in [-0.05, 0) is 48.2 Å². The summed E-state index contributed by atoms with van der Waals surface area (Å²) >= 11 is 0. The molecule has 1 atom stereocenters. The number of carbonyl (C=O) groups is 1. The molecule has 178 valence electrons. The Labute approximate surface area is 203 Å². The van der Waals surface area contributed by atoms with E-state index >= 15 is 0 Å². The summed E-state index contributed by atoms with van der Waals surface area (Å²) in [5, 5.41) is 2.92. The predicted molar refractivity (Wildman–Crippen MR) is 135 cm³/mol. The summed E-state index contributed by atoms with van der Waals surface area (Å²) < 4.78 is 15.2. The summed E-state index contributed by atoms with van der Waals surface area (Å²) in [5.41, 5.74) is 3.12. The van der Waals surface area contributed by atoms with Gasteiger partial charge in [0.2, 0.25) is 5.91 Å². The Kier molecular flexibility index (Phi) is 6.57. The van der Waals surface area contributed by atoms with Crippen LogP contribution in [0.4, 0.5) is 10.2 Å². The van der Waals surface area contributed by atoms with Crippen molar-refractivity contribution in [1.29, 1.82) is 0 Å². The number of hydrogen-bond acceptors (Lipinski definition) is 4. The van der Waals surface area contributed by atoms with Gasteiger partial charge in [0.15, 0.2) is 5.82 Å². The lowest BCUT2D eigenvalue weighted by Gasteiger charge is -2.32. The van der Waals surface area contributed by atoms with Crippen LogP contribution in [0.3, 0.4) is 0 Å². The lowest BCUT2D eigenvalue weighted by atomic mass is 9.97. The number of fused-ring (bicyclic) bond motifs is 1. The normalized spacial score (nSPS) is 15.8. The molecule has 1 unspecified atom stereocenters. The molecule has 0 spiro atoms. The van der Waals surface area contributed by atoms with Crippen LogP contribution in [0.25, 0.3) is 11.0 Å². The van der Waals surface area contributed by atoms with Gasteiger partial charge < -0.3 is 10.2 Å². The van der Waals surface area contributed by atoms with Crippen molar-refractivity contribution in [1.82, 2.24) is 14.9 Å². The second kappa shape index (κ2) is 10.1. The minimum atomic E-state index is -0.324. The van der Waals surface area contributed by atoms with Crippen molar-refractivity contribution < 1.29 is 9.18 Å². The molecule has 1 N–H and O–H groups in total. The zero-order valence-corrected chi connectivity index (χ0v) is 19.4. The van der Waals surface area contributed by atoms with E-state index in [4.69, 9.17) is 4.98 Å². The Bertz CT molecular complexity index is 1400. The minimum Gasteiger partial charge on any atom is -0.352 e. The molecule has 1 fully saturated rings. The standard InChI is InChI=1S/C28H27FN4O2/c29-23-12-6-10-21(16-23)17-30-27(34)22-11-7-15-32(19-22)26-28(35)33(18-20-8-2-1-3-9-20)25-14-5-4-13-24(25)31-26/h1-6,8-10,12-14,16,22H,7,11,15,17-19H2,(H,30,34). The highest BCUT2D eigenvalue weighted by molar-refractivity contribution is 5.80. The largest absolute Gasteiger partial charge is 0.352 e. The predicted octanol–water partition coefficient (Wildman–Crippen LogP) is 4.12. The number of nitrogens with zero attached hydrogens (tertiary/aromatic N) is 3. The first-order chi connectivity index (χ1) is 17.1. The van der Waals surface area contributed by atoms with E-state index in [1.54, 1.807) is 16.7 Å². The van der Waals surface area contributed by atoms with Crippen molar-refractivity contribution in [3.05, 3.63) is 106 Å². The zero-order valence-electron chi connectivity index (χ0n) is 19.4. The number of aromatic nitrogens is 2. The summed E-state index contributed by atoms with van der Waals surface area (Å²) in [5.74, 6) is -0.311. The number of halogens is 1. The second-order valence-electron chi connectivity index (χ2n) is 8.93. The summed E-state index contributed by atoms with van der Waals surface area (Å²) in [6, 6.07) is 23.7. The van der Waals surface area contributed by atoms with Crippen molar-refractivity contribution in [2.24, 2.45) is 5.92 Å². The van der Waals surface area contributed by atoms with Gasteiger partial charge in [0, 0.05) is 19.6 Å². The van der Waals surface area contributed by atoms with Crippen molar-refractivity contribution in [2.45, 2.75) is 25.9 Å². The Hall–Kier alpha value is -4.00. The number of nitrogens with one attached hydrogen (secondary N) is 1. The molecule has 1 aromatic heterocycles. The quantitative estimate of drug-likeness (QED) is 0.461. The topological polar surface area (TPSA) is 67.2 Å². The maximum Gasteiger partial charge on any atom is 0.294 e. The Morgan fingerprint density at radius 3 is 2.60 bits per heavy atom. The molecule has 0 radical (unpaired) electrons. The molecule has 7 heteroatoms. The lowest BCUT2D eigenvalue weighted by Crippen LogP contribution is -2.45. The SMILES string of the molecule is O=C(NCc1cccc(F)c1)C1CCCN(c2nc3ccccc3n(Cc3ccccc3)c2=O)C1. The average molecular weight is 471 g/mol. The van der Waals surface area contributed by atoms with Crippen LogP contribution in [0.1, 0.15) is 24.0 Å². The first kappa shape index (κ1) is 22.8. The van der Waals surface area contributed by atoms with Crippen molar-refractivity contribution in [2.75, 3.05) is 18.0 Å². The average Bonchev–Trinajstić information content (AvgIpc) is 2.89. The van der Waals surface area contributed by atoms with E-state index in [0.29, 0.717) is 31.0 Å². The smallest absolute Gasteiger partial charge is 0.294 e. The van der Waals surface area contributed by atoms with E-state index in [1.807, 2.05) is 59.5 Å². The molecule has 0 saturated carbocycles. The van der Waals surface area contributed by atoms with Crippen LogP contribution in [-0.4, -0.2) is 28.5 Å². The van der Waals surface area contributed by atoms with E-state index in [1.165, 1.54) is 12.1 Å². The van der Waals surface area contributed by atoms with Crippen LogP contribution in [0.15, 0.2) is 83.7 Å². The molecule has 35 heavy (non-hydrogen) atoms. The highest BCUT2D eigenvalue weighted by Gasteiger charge is 2.28. The van der Waals surface area contributed by atoms with Gasteiger partial charge in [0.05, 0.1) is 23.5 Å². The van der Waals surface area contributed by atoms with Crippen LogP contribution in [-0.2, 0) is 17.9 Å². The number of rotatable bonds is 6. The Morgan fingerprint density at radius 2 is 1.77 bits per heavy atom. The lowest BCUT2D eigenvalue weighted by molar-refractivity contribution is -0.125. The van der Waals surface area contributed by atoms with Gasteiger partial charge in [-0.2, -0.15) is 0 Å². The molecule has 1 aliphatic heterocycles. The maximum atomic E-state index is 13.6. The first-order valence-electron chi connectivity index (χ1n) is 11.9. The highest BCUT2D eigenvalue weighted by Crippen LogP contribution is 2.22. The molecule has 2 heterocycles. The summed E-state index contributed by atoms with van der Waals surface area (Å²) in [6.45, 7) is 1.80. The molecule has 5 rings (SSSR count). The molecular weight excluding hydrogens is 443 g/mol. The fourth-order valence-electron chi connectivity index (χ4n) is 4.67. The summed E-state index contributed by atoms with van der Waals surface area (Å²) in [4.78, 5) is 33.2. The van der Waals surface area contributed by atoms with E-state index < -0.39 is 0 Å². The number of amides is 1. The molecule has 0 bridgehead atoms. The molecule has 0 aliphatic carbocycles. The second-order valence-corrected chi connectivity index (χ2v) is 8.93. The van der Waals surface area contributed by atoms with E-state index in [0.717, 1.165) is 29.4 Å². The van der Waals surface area contributed by atoms with Gasteiger partial charge in [-0.15, -0.1) is 0 Å². The van der Waals surface area contributed by atoms with Crippen LogP contribution >= 0.6 is 0 Å². The fourth-order valence-corrected chi connectivity index (χ4v) is 4.67. The summed E-state index contributed by atoms with van der Waals surface area (Å²) in [6.07, 6.45) is 1.52. The third-order valence-electron chi connectivity index (χ3n) is 6.47. The van der Waals surface area contributed by atoms with Gasteiger partial charge in [0.1, 0.15) is 5.82 Å². The molecule has 1 aliphatic rings. The monoisotopic (exact) mass is 470 g/mol. The molecular formula is C28H27FN4O2. The molecule has 1 amide bonds. The third kappa shape index (κ3) is 5.09. The first-order valence-corrected chi connectivity index (χ1v) is 11.9. The Balaban J connectivity index is 1.39. The maximum absolute atomic E-state index is 13.6. The number of piperidine rings is 1. The van der Waals surface area contributed by atoms with E-state index in [2.05, 4.69) is 5.32 Å². The molecule has 6 nitrogen and oxygen atoms in total. The third-order valence-corrected chi connectivity index (χ3v) is 6.47. The van der Waals surface area contributed by atoms with Gasteiger partial charge >= 0.3 is 0 Å². The number of para-hydroxylation sites is 2. The molecule has 4 aromatic rings. The van der Waals surface area contributed by atoms with Gasteiger partial charge in [0.25, 0.3) is 5.56 Å². The van der Waals surface area contributed by atoms with Crippen LogP contribution in [0.5, 0.6) is 0 Å². The van der Waals surface area contributed by atoms with Crippen molar-refractivity contribution >= 4 is 22.8 Å². The van der Waals surface area contributed by atoms with E-state index in [-0.39, 0.29) is 29.7 Å². The van der Waals surface area contributed by atoms with Gasteiger partial charge in [-0.3, -0.25) is 14.2 Å². The number of carbonyl (C=O) groups excluding carboxylic acids is 1. The minimum absolute atomic E-state index is 0.0932. The van der Waals surface area contributed by atoms with Crippen molar-refractivity contribution in [3.63, 3.8) is 0 Å². The number of hydrogen-bond donors (Lipinski definition) is 1. The van der Waals surface area contributed by atoms with Crippen LogP contribution in [0, 0.1) is 11.7 Å². The summed E-state index contributed by atoms with van der Waals surface area (Å²) in [7, 11) is 0. The Morgan fingerprint density at radius 1 is 1.00 bits per heavy atom. The fraction of sp³-hybridized carbons (Fsp3) is 0.250. The zero-order chi connectivity index (χ0) is 24.2. The van der Waals surface area contributed by atoms with Crippen LogP contribution in [0.2, 0.25) is 0 Å². The van der Waals surface area contributed by atoms with Crippen LogP contribution < -0.4 is 15.8 Å². The molecule has 1 saturated heterocycles. The van der Waals surface area contributed by atoms with Gasteiger partial charge in [-0.1, -0.05) is 54.6 Å². The van der Waals surface area contributed by atoms with E-state index in [9.17, 15) is 14.0 Å². The number of anilines is 1. The molecule has 3 aromatic carbocycles. The highest BCUT2D eigenvalue weighted by atomic mass is 19.1. The van der Waals surface area contributed by atoms with Crippen molar-refractivity contribution in [3.8, 4) is 0 Å². The number of benzene rings is 3. The van der Waals surface area contributed by atoms with Gasteiger partial charge in [-0.25, -0.2) is 9.37 Å².